The van der Waals surface area contributed by atoms with Gasteiger partial charge in [-0.2, -0.15) is 4.31 Å². The lowest BCUT2D eigenvalue weighted by Gasteiger charge is -2.32. The van der Waals surface area contributed by atoms with Crippen LogP contribution in [0.4, 0.5) is 0 Å². The number of aryl methyl sites for hydroxylation is 2. The lowest BCUT2D eigenvalue weighted by molar-refractivity contribution is 0.273. The van der Waals surface area contributed by atoms with Gasteiger partial charge >= 0.3 is 0 Å². The molecule has 2 N–H and O–H groups in total. The summed E-state index contributed by atoms with van der Waals surface area (Å²) in [5, 5.41) is 0.0570. The van der Waals surface area contributed by atoms with Gasteiger partial charge in [0.1, 0.15) is 5.82 Å². The van der Waals surface area contributed by atoms with Gasteiger partial charge in [0.15, 0.2) is 5.03 Å². The van der Waals surface area contributed by atoms with Crippen molar-refractivity contribution in [2.45, 2.75) is 31.3 Å². The number of hydrogen-bond acceptors (Lipinski definition) is 4. The van der Waals surface area contributed by atoms with Crippen molar-refractivity contribution >= 4 is 10.0 Å². The molecule has 0 bridgehead atoms. The Morgan fingerprint density at radius 3 is 2.41 bits per heavy atom. The Balaban J connectivity index is 3.20. The maximum atomic E-state index is 12.3. The van der Waals surface area contributed by atoms with Crippen LogP contribution in [0.2, 0.25) is 0 Å². The van der Waals surface area contributed by atoms with Crippen molar-refractivity contribution in [3.05, 3.63) is 12.0 Å². The molecule has 0 amide bonds. The molecule has 6 nitrogen and oxygen atoms in total. The minimum Gasteiger partial charge on any atom is -0.337 e. The fourth-order valence-corrected chi connectivity index (χ4v) is 2.79. The predicted octanol–water partition coefficient (Wildman–Crippen LogP) is 0.0863. The van der Waals surface area contributed by atoms with Crippen LogP contribution in [0, 0.1) is 6.92 Å². The van der Waals surface area contributed by atoms with Gasteiger partial charge in [0, 0.05) is 32.4 Å². The monoisotopic (exact) mass is 260 g/mol. The lowest BCUT2D eigenvalue weighted by atomic mass is 10.1. The highest BCUT2D eigenvalue weighted by Crippen LogP contribution is 2.21. The molecule has 17 heavy (non-hydrogen) atoms. The van der Waals surface area contributed by atoms with Gasteiger partial charge in [0.2, 0.25) is 0 Å². The van der Waals surface area contributed by atoms with Crippen molar-refractivity contribution in [1.29, 1.82) is 0 Å². The third kappa shape index (κ3) is 2.51. The molecule has 0 aliphatic carbocycles. The summed E-state index contributed by atoms with van der Waals surface area (Å²) in [4.78, 5) is 4.04. The van der Waals surface area contributed by atoms with E-state index in [9.17, 15) is 8.42 Å². The fraction of sp³-hybridized carbons (Fsp3) is 0.700. The van der Waals surface area contributed by atoms with Gasteiger partial charge in [-0.1, -0.05) is 0 Å². The van der Waals surface area contributed by atoms with Gasteiger partial charge in [-0.05, 0) is 20.8 Å². The van der Waals surface area contributed by atoms with Crippen molar-refractivity contribution in [3.8, 4) is 0 Å². The van der Waals surface area contributed by atoms with E-state index in [2.05, 4.69) is 4.98 Å². The quantitative estimate of drug-likeness (QED) is 0.831. The Hall–Kier alpha value is -0.920. The average Bonchev–Trinajstić information content (AvgIpc) is 2.58. The maximum Gasteiger partial charge on any atom is 0.262 e. The van der Waals surface area contributed by atoms with Crippen molar-refractivity contribution in [2.75, 3.05) is 13.6 Å². The third-order valence-electron chi connectivity index (χ3n) is 3.06. The Bertz CT molecular complexity index is 485. The number of nitrogens with zero attached hydrogens (tertiary/aromatic N) is 3. The molecule has 0 radical (unpaired) electrons. The Morgan fingerprint density at radius 1 is 1.53 bits per heavy atom. The van der Waals surface area contributed by atoms with E-state index in [1.807, 2.05) is 0 Å². The van der Waals surface area contributed by atoms with E-state index in [4.69, 9.17) is 5.73 Å². The van der Waals surface area contributed by atoms with E-state index in [0.29, 0.717) is 5.82 Å². The Morgan fingerprint density at radius 2 is 2.06 bits per heavy atom. The first-order valence-electron chi connectivity index (χ1n) is 5.32. The largest absolute Gasteiger partial charge is 0.337 e. The number of hydrogen-bond donors (Lipinski definition) is 1. The zero-order chi connectivity index (χ0) is 13.4. The lowest BCUT2D eigenvalue weighted by Crippen LogP contribution is -2.49. The Labute approximate surface area is 102 Å². The van der Waals surface area contributed by atoms with Crippen LogP contribution in [-0.2, 0) is 17.1 Å². The van der Waals surface area contributed by atoms with Gasteiger partial charge < -0.3 is 10.3 Å². The van der Waals surface area contributed by atoms with E-state index in [0.717, 1.165) is 0 Å². The number of nitrogens with two attached hydrogens (primary N) is 1. The van der Waals surface area contributed by atoms with Gasteiger partial charge in [-0.25, -0.2) is 13.4 Å². The van der Waals surface area contributed by atoms with Crippen molar-refractivity contribution in [2.24, 2.45) is 12.8 Å². The summed E-state index contributed by atoms with van der Waals surface area (Å²) in [6, 6.07) is 0. The summed E-state index contributed by atoms with van der Waals surface area (Å²) >= 11 is 0. The molecule has 1 heterocycles. The summed E-state index contributed by atoms with van der Waals surface area (Å²) in [6.07, 6.45) is 1.51. The first-order valence-corrected chi connectivity index (χ1v) is 6.76. The first kappa shape index (κ1) is 14.1. The van der Waals surface area contributed by atoms with E-state index in [-0.39, 0.29) is 11.6 Å². The second kappa shape index (κ2) is 4.40. The number of aromatic nitrogens is 2. The highest BCUT2D eigenvalue weighted by atomic mass is 32.2. The molecule has 0 atom stereocenters. The molecule has 0 aliphatic rings. The predicted molar refractivity (Wildman–Crippen MR) is 66.0 cm³/mol. The molecule has 1 aromatic heterocycles. The van der Waals surface area contributed by atoms with Crippen LogP contribution in [0.1, 0.15) is 19.7 Å². The third-order valence-corrected chi connectivity index (χ3v) is 5.00. The molecule has 0 aliphatic heterocycles. The normalized spacial score (nSPS) is 13.4. The number of likely N-dealkylation sites (N-methyl/N-ethyl adjacent to an activating group) is 1. The number of imidazole rings is 1. The van der Waals surface area contributed by atoms with Crippen LogP contribution in [0.15, 0.2) is 11.2 Å². The molecule has 0 unspecified atom stereocenters. The van der Waals surface area contributed by atoms with Crippen molar-refractivity contribution in [3.63, 3.8) is 0 Å². The minimum atomic E-state index is -3.59. The van der Waals surface area contributed by atoms with Crippen LogP contribution >= 0.6 is 0 Å². The van der Waals surface area contributed by atoms with Crippen LogP contribution in [-0.4, -0.2) is 41.4 Å². The zero-order valence-electron chi connectivity index (χ0n) is 10.9. The molecule has 7 heteroatoms. The van der Waals surface area contributed by atoms with E-state index < -0.39 is 15.6 Å². The molecule has 98 valence electrons. The molecule has 0 spiro atoms. The maximum absolute atomic E-state index is 12.3. The zero-order valence-corrected chi connectivity index (χ0v) is 11.7. The van der Waals surface area contributed by atoms with E-state index in [1.54, 1.807) is 32.4 Å². The second-order valence-electron chi connectivity index (χ2n) is 4.73. The first-order chi connectivity index (χ1) is 7.63. The van der Waals surface area contributed by atoms with Crippen LogP contribution in [0.25, 0.3) is 0 Å². The fourth-order valence-electron chi connectivity index (χ4n) is 1.24. The summed E-state index contributed by atoms with van der Waals surface area (Å²) < 4.78 is 27.5. The smallest absolute Gasteiger partial charge is 0.262 e. The van der Waals surface area contributed by atoms with E-state index >= 15 is 0 Å². The molecule has 0 saturated carbocycles. The van der Waals surface area contributed by atoms with Crippen LogP contribution in [0.3, 0.4) is 0 Å². The molecule has 0 saturated heterocycles. The molecular formula is C10H20N4O2S. The molecule has 1 rings (SSSR count). The van der Waals surface area contributed by atoms with Gasteiger partial charge in [0.05, 0.1) is 0 Å². The highest BCUT2D eigenvalue weighted by Gasteiger charge is 2.34. The summed E-state index contributed by atoms with van der Waals surface area (Å²) in [5.74, 6) is 0.655. The van der Waals surface area contributed by atoms with Crippen molar-refractivity contribution in [1.82, 2.24) is 13.9 Å². The van der Waals surface area contributed by atoms with Crippen LogP contribution < -0.4 is 5.73 Å². The SMILES string of the molecule is Cc1nc(S(=O)(=O)N(C)C(C)(C)CN)cn1C. The minimum absolute atomic E-state index is 0.0570. The summed E-state index contributed by atoms with van der Waals surface area (Å²) in [7, 11) is -0.310. The number of sulfonamides is 1. The molecule has 1 aromatic rings. The van der Waals surface area contributed by atoms with Gasteiger partial charge in [-0.3, -0.25) is 0 Å². The Kier molecular flexibility index (Phi) is 3.66. The van der Waals surface area contributed by atoms with Gasteiger partial charge in [0.25, 0.3) is 10.0 Å². The molecular weight excluding hydrogens is 240 g/mol. The van der Waals surface area contributed by atoms with Crippen LogP contribution in [0.5, 0.6) is 0 Å². The van der Waals surface area contributed by atoms with E-state index in [1.165, 1.54) is 17.5 Å². The van der Waals surface area contributed by atoms with Gasteiger partial charge in [-0.15, -0.1) is 0 Å². The van der Waals surface area contributed by atoms with Crippen molar-refractivity contribution < 1.29 is 8.42 Å². The topological polar surface area (TPSA) is 81.2 Å². The molecule has 0 aromatic carbocycles. The summed E-state index contributed by atoms with van der Waals surface area (Å²) in [5.41, 5.74) is 4.95. The standard InChI is InChI=1S/C10H20N4O2S/c1-8-12-9(6-13(8)4)17(15,16)14(5)10(2,3)7-11/h6H,7,11H2,1-5H3. The summed E-state index contributed by atoms with van der Waals surface area (Å²) in [6.45, 7) is 5.56. The average molecular weight is 260 g/mol. The molecule has 0 fully saturated rings. The highest BCUT2D eigenvalue weighted by molar-refractivity contribution is 7.89. The number of rotatable bonds is 4. The second-order valence-corrected chi connectivity index (χ2v) is 6.64.